The molecule has 0 N–H and O–H groups in total. The summed E-state index contributed by atoms with van der Waals surface area (Å²) in [5.41, 5.74) is -0.371. The average Bonchev–Trinajstić information content (AvgIpc) is 3.63. The molecule has 1 heterocycles. The molecule has 0 radical (unpaired) electrons. The summed E-state index contributed by atoms with van der Waals surface area (Å²) < 4.78 is 60.8. The summed E-state index contributed by atoms with van der Waals surface area (Å²) in [6, 6.07) is 17.4. The van der Waals surface area contributed by atoms with Gasteiger partial charge in [0.1, 0.15) is 12.3 Å². The van der Waals surface area contributed by atoms with Crippen LogP contribution < -0.4 is 0 Å². The Morgan fingerprint density at radius 2 is 1.59 bits per heavy atom. The largest absolute Gasteiger partial charge is 0.471 e. The topological polar surface area (TPSA) is 49.9 Å². The normalized spacial score (nSPS) is 21.6. The van der Waals surface area contributed by atoms with Crippen LogP contribution in [0.25, 0.3) is 0 Å². The van der Waals surface area contributed by atoms with Crippen LogP contribution >= 0.6 is 0 Å². The maximum Gasteiger partial charge on any atom is 0.471 e. The number of halogens is 4. The van der Waals surface area contributed by atoms with Gasteiger partial charge in [-0.3, -0.25) is 4.79 Å². The van der Waals surface area contributed by atoms with Gasteiger partial charge in [0.15, 0.2) is 0 Å². The van der Waals surface area contributed by atoms with E-state index in [2.05, 4.69) is 0 Å². The standard InChI is InChI=1S/C25H26F4N2O3/c26-24(11-13-30(14-12-24)23(33)34-16-18-7-3-1-4-8-18)17-31(22(32)25(27,28)29)21-15-20(21)19-9-5-2-6-10-19/h1-10,20-21H,11-17H2/t20-,21+/m0/s1. The number of hydrogen-bond acceptors (Lipinski definition) is 3. The molecule has 2 amide bonds. The van der Waals surface area contributed by atoms with E-state index in [-0.39, 0.29) is 38.5 Å². The monoisotopic (exact) mass is 478 g/mol. The lowest BCUT2D eigenvalue weighted by atomic mass is 9.92. The van der Waals surface area contributed by atoms with Crippen LogP contribution in [-0.4, -0.2) is 59.3 Å². The molecule has 0 spiro atoms. The third kappa shape index (κ3) is 5.69. The van der Waals surface area contributed by atoms with Gasteiger partial charge in [0.05, 0.1) is 6.54 Å². The summed E-state index contributed by atoms with van der Waals surface area (Å²) >= 11 is 0. The first-order chi connectivity index (χ1) is 16.2. The predicted octanol–water partition coefficient (Wildman–Crippen LogP) is 5.07. The van der Waals surface area contributed by atoms with Crippen LogP contribution in [0.4, 0.5) is 22.4 Å². The number of carbonyl (C=O) groups excluding carboxylic acids is 2. The number of alkyl halides is 4. The van der Waals surface area contributed by atoms with Gasteiger partial charge in [-0.15, -0.1) is 0 Å². The van der Waals surface area contributed by atoms with Gasteiger partial charge in [0.25, 0.3) is 0 Å². The van der Waals surface area contributed by atoms with Crippen molar-refractivity contribution in [1.29, 1.82) is 0 Å². The van der Waals surface area contributed by atoms with Gasteiger partial charge in [0, 0.05) is 37.9 Å². The fourth-order valence-corrected chi connectivity index (χ4v) is 4.45. The maximum atomic E-state index is 15.6. The van der Waals surface area contributed by atoms with Crippen LogP contribution in [0.1, 0.15) is 36.3 Å². The van der Waals surface area contributed by atoms with Crippen molar-refractivity contribution in [2.45, 2.75) is 49.7 Å². The molecule has 4 rings (SSSR count). The summed E-state index contributed by atoms with van der Waals surface area (Å²) in [6.45, 7) is -0.560. The van der Waals surface area contributed by atoms with Crippen LogP contribution in [0.5, 0.6) is 0 Å². The van der Waals surface area contributed by atoms with Crippen molar-refractivity contribution >= 4 is 12.0 Å². The summed E-state index contributed by atoms with van der Waals surface area (Å²) in [5, 5.41) is 0. The molecule has 1 aliphatic carbocycles. The number of carbonyl (C=O) groups is 2. The molecule has 2 atom stereocenters. The highest BCUT2D eigenvalue weighted by Gasteiger charge is 2.54. The van der Waals surface area contributed by atoms with Crippen molar-refractivity contribution in [1.82, 2.24) is 9.80 Å². The molecular formula is C25H26F4N2O3. The highest BCUT2D eigenvalue weighted by Crippen LogP contribution is 2.47. The molecule has 2 aromatic rings. The second-order valence-corrected chi connectivity index (χ2v) is 8.93. The van der Waals surface area contributed by atoms with Crippen LogP contribution in [-0.2, 0) is 16.1 Å². The van der Waals surface area contributed by atoms with Crippen molar-refractivity contribution in [2.24, 2.45) is 0 Å². The number of rotatable bonds is 6. The fourth-order valence-electron chi connectivity index (χ4n) is 4.45. The Balaban J connectivity index is 1.36. The Labute approximate surface area is 195 Å². The molecule has 5 nitrogen and oxygen atoms in total. The number of ether oxygens (including phenoxy) is 1. The number of amides is 2. The van der Waals surface area contributed by atoms with E-state index in [9.17, 15) is 22.8 Å². The van der Waals surface area contributed by atoms with Gasteiger partial charge in [-0.25, -0.2) is 9.18 Å². The molecule has 182 valence electrons. The van der Waals surface area contributed by atoms with E-state index >= 15 is 4.39 Å². The molecule has 34 heavy (non-hydrogen) atoms. The van der Waals surface area contributed by atoms with E-state index in [0.717, 1.165) is 11.1 Å². The molecule has 2 fully saturated rings. The van der Waals surface area contributed by atoms with Gasteiger partial charge in [-0.1, -0.05) is 60.7 Å². The Morgan fingerprint density at radius 3 is 2.18 bits per heavy atom. The maximum absolute atomic E-state index is 15.6. The third-order valence-corrected chi connectivity index (χ3v) is 6.46. The minimum absolute atomic E-state index is 0.00491. The molecule has 2 aliphatic rings. The van der Waals surface area contributed by atoms with E-state index in [0.29, 0.717) is 11.3 Å². The van der Waals surface area contributed by atoms with Gasteiger partial charge >= 0.3 is 18.2 Å². The lowest BCUT2D eigenvalue weighted by Crippen LogP contribution is -2.53. The Kier molecular flexibility index (Phi) is 6.81. The minimum atomic E-state index is -5.08. The zero-order valence-electron chi connectivity index (χ0n) is 18.5. The molecular weight excluding hydrogens is 452 g/mol. The fraction of sp³-hybridized carbons (Fsp3) is 0.440. The molecule has 1 saturated carbocycles. The van der Waals surface area contributed by atoms with Crippen molar-refractivity contribution in [3.05, 3.63) is 71.8 Å². The lowest BCUT2D eigenvalue weighted by Gasteiger charge is -2.39. The molecule has 1 saturated heterocycles. The SMILES string of the molecule is O=C(OCc1ccccc1)N1CCC(F)(CN(C(=O)C(F)(F)F)[C@@H]2C[C@H]2c2ccccc2)CC1. The number of likely N-dealkylation sites (tertiary alicyclic amines) is 1. The molecule has 2 aromatic carbocycles. The van der Waals surface area contributed by atoms with Gasteiger partial charge < -0.3 is 14.5 Å². The highest BCUT2D eigenvalue weighted by molar-refractivity contribution is 5.82. The first-order valence-corrected chi connectivity index (χ1v) is 11.2. The summed E-state index contributed by atoms with van der Waals surface area (Å²) in [4.78, 5) is 26.5. The first kappa shape index (κ1) is 24.0. The number of hydrogen-bond donors (Lipinski definition) is 0. The van der Waals surface area contributed by atoms with E-state index in [1.807, 2.05) is 30.3 Å². The Hall–Kier alpha value is -3.10. The highest BCUT2D eigenvalue weighted by atomic mass is 19.4. The number of piperidine rings is 1. The van der Waals surface area contributed by atoms with Crippen molar-refractivity contribution in [2.75, 3.05) is 19.6 Å². The van der Waals surface area contributed by atoms with E-state index in [1.165, 1.54) is 4.90 Å². The minimum Gasteiger partial charge on any atom is -0.445 e. The third-order valence-electron chi connectivity index (χ3n) is 6.46. The van der Waals surface area contributed by atoms with Gasteiger partial charge in [-0.2, -0.15) is 13.2 Å². The molecule has 1 aliphatic heterocycles. The predicted molar refractivity (Wildman–Crippen MR) is 117 cm³/mol. The zero-order chi connectivity index (χ0) is 24.3. The van der Waals surface area contributed by atoms with E-state index < -0.39 is 36.4 Å². The summed E-state index contributed by atoms with van der Waals surface area (Å²) in [5.74, 6) is -2.26. The Bertz CT molecular complexity index is 992. The quantitative estimate of drug-likeness (QED) is 0.545. The smallest absolute Gasteiger partial charge is 0.445 e. The molecule has 9 heteroatoms. The van der Waals surface area contributed by atoms with Crippen molar-refractivity contribution in [3.8, 4) is 0 Å². The van der Waals surface area contributed by atoms with E-state index in [4.69, 9.17) is 4.74 Å². The van der Waals surface area contributed by atoms with Gasteiger partial charge in [0.2, 0.25) is 0 Å². The molecule has 0 aromatic heterocycles. The Morgan fingerprint density at radius 1 is 1.00 bits per heavy atom. The van der Waals surface area contributed by atoms with Gasteiger partial charge in [-0.05, 0) is 17.5 Å². The average molecular weight is 478 g/mol. The number of benzene rings is 2. The first-order valence-electron chi connectivity index (χ1n) is 11.2. The van der Waals surface area contributed by atoms with Crippen LogP contribution in [0.15, 0.2) is 60.7 Å². The van der Waals surface area contributed by atoms with Crippen molar-refractivity contribution in [3.63, 3.8) is 0 Å². The van der Waals surface area contributed by atoms with Crippen LogP contribution in [0.3, 0.4) is 0 Å². The van der Waals surface area contributed by atoms with Crippen LogP contribution in [0, 0.1) is 0 Å². The molecule has 0 unspecified atom stereocenters. The van der Waals surface area contributed by atoms with Crippen LogP contribution in [0.2, 0.25) is 0 Å². The van der Waals surface area contributed by atoms with Crippen molar-refractivity contribution < 1.29 is 31.9 Å². The second-order valence-electron chi connectivity index (χ2n) is 8.93. The lowest BCUT2D eigenvalue weighted by molar-refractivity contribution is -0.188. The van der Waals surface area contributed by atoms with E-state index in [1.54, 1.807) is 30.3 Å². The summed E-state index contributed by atoms with van der Waals surface area (Å²) in [6.07, 6.45) is -5.65. The zero-order valence-corrected chi connectivity index (χ0v) is 18.5. The number of nitrogens with zero attached hydrogens (tertiary/aromatic N) is 2. The second kappa shape index (κ2) is 9.64. The molecule has 0 bridgehead atoms. The summed E-state index contributed by atoms with van der Waals surface area (Å²) in [7, 11) is 0.